The highest BCUT2D eigenvalue weighted by Gasteiger charge is 2.41. The number of carbonyl (C=O) groups is 3. The summed E-state index contributed by atoms with van der Waals surface area (Å²) in [6.07, 6.45) is 0. The lowest BCUT2D eigenvalue weighted by molar-refractivity contribution is 0.0592. The van der Waals surface area contributed by atoms with Crippen LogP contribution in [0.4, 0.5) is 0 Å². The molecule has 11 aromatic carbocycles. The molecule has 11 aromatic rings. The fourth-order valence-electron chi connectivity index (χ4n) is 10.1. The molecule has 0 aliphatic heterocycles. The van der Waals surface area contributed by atoms with Gasteiger partial charge < -0.3 is 14.2 Å². The first-order valence-electron chi connectivity index (χ1n) is 25.4. The van der Waals surface area contributed by atoms with E-state index in [1.54, 1.807) is 36.4 Å². The quantitative estimate of drug-likeness (QED) is 0.0395. The maximum absolute atomic E-state index is 12.1. The minimum absolute atomic E-state index is 0.400. The maximum Gasteiger partial charge on any atom is 0.337 e. The summed E-state index contributed by atoms with van der Waals surface area (Å²) in [5.74, 6) is 25.7. The molecule has 11 rings (SSSR count). The molecular weight excluding hydrogens is 989 g/mol. The van der Waals surface area contributed by atoms with E-state index < -0.39 is 26.0 Å². The number of hydrogen-bond donors (Lipinski definition) is 0. The van der Waals surface area contributed by atoms with Gasteiger partial charge in [-0.2, -0.15) is 0 Å². The molecule has 0 saturated heterocycles. The normalized spacial score (nSPS) is 10.7. The molecule has 0 spiro atoms. The average molecular weight is 1040 g/mol. The summed E-state index contributed by atoms with van der Waals surface area (Å²) in [6.45, 7) is 0. The highest BCUT2D eigenvalue weighted by atomic mass is 28.3. The van der Waals surface area contributed by atoms with Gasteiger partial charge in [0, 0.05) is 44.5 Å². The smallest absolute Gasteiger partial charge is 0.337 e. The molecule has 0 radical (unpaired) electrons. The zero-order valence-corrected chi connectivity index (χ0v) is 44.3. The predicted molar refractivity (Wildman–Crippen MR) is 317 cm³/mol. The summed E-state index contributed by atoms with van der Waals surface area (Å²) in [5.41, 5.74) is 8.04. The number of ether oxygens (including phenoxy) is 3. The molecular formula is C72H46O6Si. The minimum Gasteiger partial charge on any atom is -0.465 e. The molecule has 0 saturated carbocycles. The van der Waals surface area contributed by atoms with Crippen molar-refractivity contribution in [3.05, 3.63) is 286 Å². The second-order valence-corrected chi connectivity index (χ2v) is 22.5. The zero-order chi connectivity index (χ0) is 54.3. The molecule has 0 heterocycles. The predicted octanol–water partition coefficient (Wildman–Crippen LogP) is 10.9. The van der Waals surface area contributed by atoms with Crippen LogP contribution in [0.1, 0.15) is 75.6 Å². The van der Waals surface area contributed by atoms with Gasteiger partial charge in [0.2, 0.25) is 0 Å². The van der Waals surface area contributed by atoms with Crippen molar-refractivity contribution >= 4 is 79.0 Å². The van der Waals surface area contributed by atoms with Crippen molar-refractivity contribution < 1.29 is 28.6 Å². The fraction of sp³-hybridized carbons (Fsp3) is 0.0417. The van der Waals surface area contributed by atoms with E-state index in [1.807, 2.05) is 36.4 Å². The maximum atomic E-state index is 12.1. The van der Waals surface area contributed by atoms with Crippen molar-refractivity contribution in [1.82, 2.24) is 0 Å². The molecule has 0 aromatic heterocycles. The molecule has 79 heavy (non-hydrogen) atoms. The topological polar surface area (TPSA) is 78.9 Å². The first kappa shape index (κ1) is 50.5. The number of methoxy groups -OCH3 is 3. The Bertz CT molecular complexity index is 4080. The molecule has 0 aliphatic rings. The summed E-state index contributed by atoms with van der Waals surface area (Å²) < 4.78 is 14.6. The van der Waals surface area contributed by atoms with E-state index in [0.29, 0.717) is 16.7 Å². The third-order valence-corrected chi connectivity index (χ3v) is 18.9. The molecule has 0 atom stereocenters. The standard InChI is InChI=1S/C72H46O6Si/c1-76-70(73)60-29-14-49(15-30-60)7-10-52-20-40-63(41-21-52)79(64-42-22-53(23-43-64)11-8-50-16-31-61(32-17-50)71(74)77-2,65-44-24-54(25-45-65)12-9-51-18-33-62(34-19-51)72(75)78-3)66-46-26-55(27-47-66)13-28-56-35-36-59-38-37-57-5-4-6-58-39-48-67(56)69(59)68(57)58/h4-6,14-27,29-48H,1-3H3. The van der Waals surface area contributed by atoms with Gasteiger partial charge in [0.25, 0.3) is 0 Å². The first-order chi connectivity index (χ1) is 38.7. The van der Waals surface area contributed by atoms with Crippen LogP contribution in [0.25, 0.3) is 32.3 Å². The van der Waals surface area contributed by atoms with Gasteiger partial charge in [0.05, 0.1) is 38.0 Å². The Morgan fingerprint density at radius 2 is 0.557 bits per heavy atom. The molecule has 0 bridgehead atoms. The van der Waals surface area contributed by atoms with Crippen LogP contribution >= 0.6 is 0 Å². The molecule has 0 aliphatic carbocycles. The van der Waals surface area contributed by atoms with Gasteiger partial charge >= 0.3 is 17.9 Å². The van der Waals surface area contributed by atoms with E-state index in [9.17, 15) is 14.4 Å². The molecule has 0 N–H and O–H groups in total. The van der Waals surface area contributed by atoms with Crippen LogP contribution < -0.4 is 20.7 Å². The first-order valence-corrected chi connectivity index (χ1v) is 27.4. The Balaban J connectivity index is 1.02. The van der Waals surface area contributed by atoms with Crippen molar-refractivity contribution in [2.75, 3.05) is 21.3 Å². The van der Waals surface area contributed by atoms with Crippen molar-refractivity contribution in [1.29, 1.82) is 0 Å². The Hall–Kier alpha value is -10.7. The molecule has 0 unspecified atom stereocenters. The summed E-state index contributed by atoms with van der Waals surface area (Å²) >= 11 is 0. The van der Waals surface area contributed by atoms with Gasteiger partial charge in [0.1, 0.15) is 0 Å². The number of hydrogen-bond acceptors (Lipinski definition) is 6. The Morgan fingerprint density at radius 1 is 0.291 bits per heavy atom. The van der Waals surface area contributed by atoms with E-state index in [1.165, 1.54) is 48.3 Å². The third kappa shape index (κ3) is 10.4. The van der Waals surface area contributed by atoms with Crippen molar-refractivity contribution in [3.8, 4) is 47.4 Å². The minimum atomic E-state index is -3.20. The zero-order valence-electron chi connectivity index (χ0n) is 43.3. The Morgan fingerprint density at radius 3 is 0.873 bits per heavy atom. The van der Waals surface area contributed by atoms with Gasteiger partial charge in [-0.15, -0.1) is 0 Å². The lowest BCUT2D eigenvalue weighted by Gasteiger charge is -2.34. The number of esters is 3. The summed E-state index contributed by atoms with van der Waals surface area (Å²) in [6, 6.07) is 74.9. The van der Waals surface area contributed by atoms with Gasteiger partial charge in [-0.25, -0.2) is 14.4 Å². The van der Waals surface area contributed by atoms with Crippen LogP contribution in [0.2, 0.25) is 0 Å². The van der Waals surface area contributed by atoms with Crippen molar-refractivity contribution in [2.45, 2.75) is 0 Å². The lowest BCUT2D eigenvalue weighted by Crippen LogP contribution is -2.74. The van der Waals surface area contributed by atoms with E-state index >= 15 is 0 Å². The van der Waals surface area contributed by atoms with Crippen LogP contribution in [-0.4, -0.2) is 47.3 Å². The Kier molecular flexibility index (Phi) is 14.2. The fourth-order valence-corrected chi connectivity index (χ4v) is 14.7. The van der Waals surface area contributed by atoms with E-state index in [2.05, 4.69) is 199 Å². The highest BCUT2D eigenvalue weighted by molar-refractivity contribution is 7.19. The number of benzene rings is 11. The summed E-state index contributed by atoms with van der Waals surface area (Å²) in [7, 11) is 0.891. The summed E-state index contributed by atoms with van der Waals surface area (Å²) in [4.78, 5) is 36.3. The second-order valence-electron chi connectivity index (χ2n) is 18.7. The highest BCUT2D eigenvalue weighted by Crippen LogP contribution is 2.35. The third-order valence-electron chi connectivity index (χ3n) is 14.1. The van der Waals surface area contributed by atoms with Gasteiger partial charge in [0.15, 0.2) is 8.07 Å². The van der Waals surface area contributed by atoms with Crippen LogP contribution in [0.3, 0.4) is 0 Å². The number of rotatable bonds is 7. The van der Waals surface area contributed by atoms with Gasteiger partial charge in [-0.3, -0.25) is 0 Å². The van der Waals surface area contributed by atoms with Crippen LogP contribution in [0.5, 0.6) is 0 Å². The molecule has 6 nitrogen and oxygen atoms in total. The average Bonchev–Trinajstić information content (AvgIpc) is 3.69. The van der Waals surface area contributed by atoms with Gasteiger partial charge in [-0.05, 0) is 180 Å². The van der Waals surface area contributed by atoms with Gasteiger partial charge in [-0.1, -0.05) is 144 Å². The van der Waals surface area contributed by atoms with E-state index in [-0.39, 0.29) is 0 Å². The van der Waals surface area contributed by atoms with Crippen LogP contribution in [0, 0.1) is 47.4 Å². The van der Waals surface area contributed by atoms with Crippen molar-refractivity contribution in [2.24, 2.45) is 0 Å². The molecule has 0 amide bonds. The Labute approximate surface area is 459 Å². The molecule has 374 valence electrons. The van der Waals surface area contributed by atoms with Crippen molar-refractivity contribution in [3.63, 3.8) is 0 Å². The largest absolute Gasteiger partial charge is 0.465 e. The van der Waals surface area contributed by atoms with Crippen LogP contribution in [0.15, 0.2) is 224 Å². The van der Waals surface area contributed by atoms with E-state index in [4.69, 9.17) is 14.2 Å². The summed E-state index contributed by atoms with van der Waals surface area (Å²) in [5, 5.41) is 11.8. The molecule has 7 heteroatoms. The lowest BCUT2D eigenvalue weighted by atomic mass is 9.92. The van der Waals surface area contributed by atoms with E-state index in [0.717, 1.165) is 70.6 Å². The van der Waals surface area contributed by atoms with Crippen LogP contribution in [-0.2, 0) is 14.2 Å². The monoisotopic (exact) mass is 1030 g/mol. The number of carbonyl (C=O) groups excluding carboxylic acids is 3. The second kappa shape index (κ2) is 22.3. The molecule has 0 fully saturated rings. The SMILES string of the molecule is COC(=O)c1ccc(C#Cc2ccc([Si](c3ccc(C#Cc4ccc(C(=O)OC)cc4)cc3)(c3ccc(C#Cc4ccc(C(=O)OC)cc4)cc3)c3ccc(C#Cc4ccc5ccc6cccc7ccc4c5c67)cc3)cc2)cc1.